The van der Waals surface area contributed by atoms with Gasteiger partial charge in [-0.3, -0.25) is 0 Å². The zero-order valence-corrected chi connectivity index (χ0v) is 10.4. The van der Waals surface area contributed by atoms with Crippen LogP contribution in [0.2, 0.25) is 0 Å². The third kappa shape index (κ3) is 4.74. The Hall–Kier alpha value is -0.390. The molecule has 1 rings (SSSR count). The van der Waals surface area contributed by atoms with Gasteiger partial charge in [0, 0.05) is 13.1 Å². The maximum Gasteiger partial charge on any atom is 0.0556 e. The maximum atomic E-state index is 8.55. The van der Waals surface area contributed by atoms with Crippen molar-refractivity contribution in [1.29, 1.82) is 0 Å². The molecule has 0 atom stereocenters. The van der Waals surface area contributed by atoms with Crippen molar-refractivity contribution in [2.45, 2.75) is 6.54 Å². The van der Waals surface area contributed by atoms with Crippen molar-refractivity contribution in [2.24, 2.45) is 0 Å². The fourth-order valence-corrected chi connectivity index (χ4v) is 1.08. The molecule has 0 aromatic heterocycles. The molecule has 1 aromatic carbocycles. The minimum atomic E-state index is 0. The Balaban J connectivity index is 0.00000169. The van der Waals surface area contributed by atoms with Crippen molar-refractivity contribution < 1.29 is 5.11 Å². The van der Waals surface area contributed by atoms with Gasteiger partial charge in [0.2, 0.25) is 0 Å². The maximum absolute atomic E-state index is 8.55. The van der Waals surface area contributed by atoms with E-state index < -0.39 is 0 Å². The van der Waals surface area contributed by atoms with Crippen LogP contribution in [0.25, 0.3) is 6.08 Å². The molecule has 0 radical (unpaired) electrons. The second-order valence-corrected chi connectivity index (χ2v) is 2.85. The van der Waals surface area contributed by atoms with Crippen LogP contribution in [0.1, 0.15) is 11.1 Å². The zero-order valence-electron chi connectivity index (χ0n) is 8.07. The first-order valence-electron chi connectivity index (χ1n) is 4.40. The average Bonchev–Trinajstić information content (AvgIpc) is 2.19. The van der Waals surface area contributed by atoms with Crippen molar-refractivity contribution >= 4 is 30.1 Å². The van der Waals surface area contributed by atoms with Gasteiger partial charge in [0.25, 0.3) is 0 Å². The zero-order chi connectivity index (χ0) is 9.52. The lowest BCUT2D eigenvalue weighted by Gasteiger charge is -2.02. The Bertz CT molecular complexity index is 258. The molecular formula is C11H16INO. The minimum absolute atomic E-state index is 0. The summed E-state index contributed by atoms with van der Waals surface area (Å²) in [6, 6.07) is 8.18. The molecule has 1 aromatic rings. The number of aliphatic hydroxyl groups excluding tert-OH is 1. The highest BCUT2D eigenvalue weighted by molar-refractivity contribution is 14.0. The fraction of sp³-hybridized carbons (Fsp3) is 0.273. The molecule has 0 heterocycles. The number of aliphatic hydroxyl groups is 1. The van der Waals surface area contributed by atoms with Gasteiger partial charge in [-0.15, -0.1) is 24.0 Å². The number of halogens is 1. The first-order valence-corrected chi connectivity index (χ1v) is 4.40. The monoisotopic (exact) mass is 305 g/mol. The summed E-state index contributed by atoms with van der Waals surface area (Å²) in [6.45, 7) is 5.32. The smallest absolute Gasteiger partial charge is 0.0556 e. The van der Waals surface area contributed by atoms with E-state index in [1.54, 1.807) is 0 Å². The number of hydrogen-bond donors (Lipinski definition) is 2. The summed E-state index contributed by atoms with van der Waals surface area (Å²) in [5, 5.41) is 11.7. The van der Waals surface area contributed by atoms with Gasteiger partial charge in [-0.05, 0) is 11.1 Å². The molecule has 0 bridgehead atoms. The number of benzene rings is 1. The van der Waals surface area contributed by atoms with E-state index in [0.29, 0.717) is 6.54 Å². The molecule has 14 heavy (non-hydrogen) atoms. The van der Waals surface area contributed by atoms with Crippen molar-refractivity contribution in [3.63, 3.8) is 0 Å². The van der Waals surface area contributed by atoms with E-state index in [0.717, 1.165) is 12.1 Å². The average molecular weight is 305 g/mol. The van der Waals surface area contributed by atoms with Crippen LogP contribution >= 0.6 is 24.0 Å². The van der Waals surface area contributed by atoms with Crippen LogP contribution in [0.3, 0.4) is 0 Å². The lowest BCUT2D eigenvalue weighted by atomic mass is 10.1. The summed E-state index contributed by atoms with van der Waals surface area (Å²) in [6.07, 6.45) is 1.82. The molecule has 0 spiro atoms. The van der Waals surface area contributed by atoms with Crippen molar-refractivity contribution in [3.8, 4) is 0 Å². The molecule has 0 saturated carbocycles. The lowest BCUT2D eigenvalue weighted by molar-refractivity contribution is 0.292. The van der Waals surface area contributed by atoms with Crippen LogP contribution in [-0.4, -0.2) is 18.3 Å². The van der Waals surface area contributed by atoms with Crippen LogP contribution in [0, 0.1) is 0 Å². The van der Waals surface area contributed by atoms with Crippen LogP contribution in [-0.2, 0) is 6.54 Å². The predicted molar refractivity (Wildman–Crippen MR) is 70.7 cm³/mol. The van der Waals surface area contributed by atoms with E-state index >= 15 is 0 Å². The molecule has 0 amide bonds. The van der Waals surface area contributed by atoms with E-state index in [2.05, 4.69) is 24.0 Å². The number of hydrogen-bond acceptors (Lipinski definition) is 2. The highest BCUT2D eigenvalue weighted by Gasteiger charge is 1.91. The van der Waals surface area contributed by atoms with Crippen LogP contribution in [0.15, 0.2) is 30.8 Å². The number of nitrogens with one attached hydrogen (secondary N) is 1. The van der Waals surface area contributed by atoms with E-state index in [-0.39, 0.29) is 30.6 Å². The van der Waals surface area contributed by atoms with E-state index in [4.69, 9.17) is 5.11 Å². The van der Waals surface area contributed by atoms with Gasteiger partial charge >= 0.3 is 0 Å². The largest absolute Gasteiger partial charge is 0.395 e. The number of rotatable bonds is 5. The van der Waals surface area contributed by atoms with E-state index in [9.17, 15) is 0 Å². The van der Waals surface area contributed by atoms with Gasteiger partial charge in [0.1, 0.15) is 0 Å². The Kier molecular flexibility index (Phi) is 7.74. The van der Waals surface area contributed by atoms with Crippen molar-refractivity contribution in [3.05, 3.63) is 42.0 Å². The van der Waals surface area contributed by atoms with Crippen LogP contribution in [0.5, 0.6) is 0 Å². The Morgan fingerprint density at radius 1 is 1.29 bits per heavy atom. The Morgan fingerprint density at radius 2 is 1.93 bits per heavy atom. The van der Waals surface area contributed by atoms with Crippen molar-refractivity contribution in [2.75, 3.05) is 13.2 Å². The molecule has 0 aliphatic heterocycles. The second-order valence-electron chi connectivity index (χ2n) is 2.85. The Morgan fingerprint density at radius 3 is 2.43 bits per heavy atom. The van der Waals surface area contributed by atoms with Gasteiger partial charge in [-0.25, -0.2) is 0 Å². The lowest BCUT2D eigenvalue weighted by Crippen LogP contribution is -2.17. The van der Waals surface area contributed by atoms with Gasteiger partial charge < -0.3 is 10.4 Å². The fourth-order valence-electron chi connectivity index (χ4n) is 1.08. The molecule has 78 valence electrons. The summed E-state index contributed by atoms with van der Waals surface area (Å²) < 4.78 is 0. The van der Waals surface area contributed by atoms with Crippen molar-refractivity contribution in [1.82, 2.24) is 5.32 Å². The van der Waals surface area contributed by atoms with E-state index in [1.807, 2.05) is 18.2 Å². The molecule has 3 heteroatoms. The summed E-state index contributed by atoms with van der Waals surface area (Å²) in [5.41, 5.74) is 2.35. The van der Waals surface area contributed by atoms with Gasteiger partial charge in [0.15, 0.2) is 0 Å². The molecule has 2 nitrogen and oxygen atoms in total. The third-order valence-corrected chi connectivity index (χ3v) is 1.83. The van der Waals surface area contributed by atoms with Crippen LogP contribution in [0.4, 0.5) is 0 Å². The summed E-state index contributed by atoms with van der Waals surface area (Å²) in [5.74, 6) is 0. The van der Waals surface area contributed by atoms with Gasteiger partial charge in [-0.1, -0.05) is 36.9 Å². The standard InChI is InChI=1S/C11H15NO.HI/c1-2-10-3-5-11(6-4-10)9-12-7-8-13;/h2-6,12-13H,1,7-9H2;1H. The summed E-state index contributed by atoms with van der Waals surface area (Å²) >= 11 is 0. The first kappa shape index (κ1) is 13.6. The minimum Gasteiger partial charge on any atom is -0.395 e. The van der Waals surface area contributed by atoms with Crippen LogP contribution < -0.4 is 5.32 Å². The molecule has 0 aliphatic carbocycles. The topological polar surface area (TPSA) is 32.3 Å². The summed E-state index contributed by atoms with van der Waals surface area (Å²) in [7, 11) is 0. The van der Waals surface area contributed by atoms with E-state index in [1.165, 1.54) is 5.56 Å². The molecule has 0 unspecified atom stereocenters. The van der Waals surface area contributed by atoms with Gasteiger partial charge in [0.05, 0.1) is 6.61 Å². The van der Waals surface area contributed by atoms with Gasteiger partial charge in [-0.2, -0.15) is 0 Å². The quantitative estimate of drug-likeness (QED) is 0.644. The molecule has 0 saturated heterocycles. The Labute approximate surface area is 102 Å². The molecular weight excluding hydrogens is 289 g/mol. The first-order chi connectivity index (χ1) is 6.36. The molecule has 0 fully saturated rings. The highest BCUT2D eigenvalue weighted by Crippen LogP contribution is 2.04. The highest BCUT2D eigenvalue weighted by atomic mass is 127. The normalized spacial score (nSPS) is 9.21. The second kappa shape index (κ2) is 7.96. The molecule has 2 N–H and O–H groups in total. The SMILES string of the molecule is C=Cc1ccc(CNCCO)cc1.I. The predicted octanol–water partition coefficient (Wildman–Crippen LogP) is 2.03. The third-order valence-electron chi connectivity index (χ3n) is 1.83. The summed E-state index contributed by atoms with van der Waals surface area (Å²) in [4.78, 5) is 0. The molecule has 0 aliphatic rings.